The maximum Gasteiger partial charge on any atom is 0.185 e. The summed E-state index contributed by atoms with van der Waals surface area (Å²) in [4.78, 5) is 56.5. The van der Waals surface area contributed by atoms with Crippen LogP contribution in [0.4, 0.5) is 0 Å². The molecule has 5 aromatic carbocycles. The standard InChI is InChI=1S/C24H18O2.C10H10O2.C7H6O/c25-23(16-14-19-8-3-1-4-9-19)21-12-7-13-22(18-21)24(26)17-15-20-10-5-2-6-11-20;1-7(11)9-4-3-5-10(6-9)8(2)12;8-6-7-4-2-1-3-5-7/h1-18H;3-6H,1-2H3;1-6H/b16-14+,17-15+;;. The summed E-state index contributed by atoms with van der Waals surface area (Å²) >= 11 is 0. The van der Waals surface area contributed by atoms with Crippen molar-refractivity contribution in [3.63, 3.8) is 0 Å². The molecule has 5 rings (SSSR count). The molecule has 0 aliphatic rings. The summed E-state index contributed by atoms with van der Waals surface area (Å²) in [6.07, 6.45) is 7.43. The number of benzene rings is 5. The van der Waals surface area contributed by atoms with Crippen LogP contribution in [0.1, 0.15) is 76.8 Å². The first-order valence-corrected chi connectivity index (χ1v) is 14.5. The first-order chi connectivity index (χ1) is 22.3. The van der Waals surface area contributed by atoms with E-state index in [0.29, 0.717) is 22.3 Å². The molecule has 0 bridgehead atoms. The van der Waals surface area contributed by atoms with Gasteiger partial charge in [-0.15, -0.1) is 0 Å². The van der Waals surface area contributed by atoms with E-state index in [1.165, 1.54) is 26.0 Å². The van der Waals surface area contributed by atoms with Gasteiger partial charge in [-0.25, -0.2) is 0 Å². The molecule has 0 amide bonds. The lowest BCUT2D eigenvalue weighted by Crippen LogP contribution is -1.99. The highest BCUT2D eigenvalue weighted by Crippen LogP contribution is 2.11. The summed E-state index contributed by atoms with van der Waals surface area (Å²) in [6.45, 7) is 2.97. The number of Topliss-reactive ketones (excluding diaryl/α,β-unsaturated/α-hetero) is 2. The van der Waals surface area contributed by atoms with Crippen molar-refractivity contribution < 1.29 is 24.0 Å². The van der Waals surface area contributed by atoms with Crippen LogP contribution in [0.25, 0.3) is 12.2 Å². The number of hydrogen-bond donors (Lipinski definition) is 0. The predicted molar refractivity (Wildman–Crippen MR) is 184 cm³/mol. The van der Waals surface area contributed by atoms with Crippen molar-refractivity contribution in [3.8, 4) is 0 Å². The molecule has 0 aromatic heterocycles. The van der Waals surface area contributed by atoms with Crippen molar-refractivity contribution in [2.45, 2.75) is 13.8 Å². The van der Waals surface area contributed by atoms with Crippen LogP contribution < -0.4 is 0 Å². The van der Waals surface area contributed by atoms with Crippen LogP contribution in [0, 0.1) is 0 Å². The molecule has 0 aliphatic carbocycles. The van der Waals surface area contributed by atoms with Gasteiger partial charge < -0.3 is 0 Å². The second-order valence-corrected chi connectivity index (χ2v) is 10.0. The Morgan fingerprint density at radius 2 is 0.739 bits per heavy atom. The Morgan fingerprint density at radius 3 is 1.07 bits per heavy atom. The number of rotatable bonds is 9. The molecule has 0 spiro atoms. The molecule has 0 fully saturated rings. The Labute approximate surface area is 269 Å². The van der Waals surface area contributed by atoms with Crippen molar-refractivity contribution in [1.82, 2.24) is 0 Å². The zero-order chi connectivity index (χ0) is 33.1. The highest BCUT2D eigenvalue weighted by Gasteiger charge is 2.07. The van der Waals surface area contributed by atoms with E-state index in [1.807, 2.05) is 78.9 Å². The zero-order valence-corrected chi connectivity index (χ0v) is 25.7. The van der Waals surface area contributed by atoms with Gasteiger partial charge >= 0.3 is 0 Å². The summed E-state index contributed by atoms with van der Waals surface area (Å²) < 4.78 is 0. The van der Waals surface area contributed by atoms with E-state index in [-0.39, 0.29) is 23.1 Å². The normalized spacial score (nSPS) is 10.2. The van der Waals surface area contributed by atoms with Gasteiger partial charge in [0.25, 0.3) is 0 Å². The number of allylic oxidation sites excluding steroid dienone is 2. The number of ketones is 4. The second-order valence-electron chi connectivity index (χ2n) is 10.0. The van der Waals surface area contributed by atoms with Crippen LogP contribution in [0.5, 0.6) is 0 Å². The van der Waals surface area contributed by atoms with Crippen LogP contribution in [-0.4, -0.2) is 29.4 Å². The van der Waals surface area contributed by atoms with Crippen molar-refractivity contribution >= 4 is 41.6 Å². The number of hydrogen-bond acceptors (Lipinski definition) is 5. The molecule has 46 heavy (non-hydrogen) atoms. The maximum atomic E-state index is 12.4. The van der Waals surface area contributed by atoms with E-state index in [4.69, 9.17) is 0 Å². The zero-order valence-electron chi connectivity index (χ0n) is 25.7. The van der Waals surface area contributed by atoms with Crippen molar-refractivity contribution in [1.29, 1.82) is 0 Å². The van der Waals surface area contributed by atoms with E-state index in [0.717, 1.165) is 23.0 Å². The van der Waals surface area contributed by atoms with E-state index >= 15 is 0 Å². The molecule has 0 saturated carbocycles. The molecule has 0 heterocycles. The second kappa shape index (κ2) is 18.6. The third-order valence-corrected chi connectivity index (χ3v) is 6.50. The minimum Gasteiger partial charge on any atom is -0.298 e. The minimum absolute atomic E-state index is 0.0156. The first-order valence-electron chi connectivity index (χ1n) is 14.5. The van der Waals surface area contributed by atoms with Gasteiger partial charge in [0.15, 0.2) is 23.1 Å². The Morgan fingerprint density at radius 1 is 0.413 bits per heavy atom. The highest BCUT2D eigenvalue weighted by molar-refractivity contribution is 6.11. The first kappa shape index (κ1) is 34.4. The smallest absolute Gasteiger partial charge is 0.185 e. The fraction of sp³-hybridized carbons (Fsp3) is 0.0488. The molecule has 228 valence electrons. The van der Waals surface area contributed by atoms with Crippen molar-refractivity contribution in [2.24, 2.45) is 0 Å². The lowest BCUT2D eigenvalue weighted by molar-refractivity contribution is 0.101. The van der Waals surface area contributed by atoms with E-state index in [2.05, 4.69) is 0 Å². The molecule has 5 nitrogen and oxygen atoms in total. The SMILES string of the molecule is CC(=O)c1cccc(C(C)=O)c1.O=C(/C=C/c1ccccc1)c1cccc(C(=O)/C=C/c2ccccc2)c1.O=Cc1ccccc1. The minimum atomic E-state index is -0.129. The molecule has 0 N–H and O–H groups in total. The largest absolute Gasteiger partial charge is 0.298 e. The summed E-state index contributed by atoms with van der Waals surface area (Å²) in [5.41, 5.74) is 4.81. The summed E-state index contributed by atoms with van der Waals surface area (Å²) in [7, 11) is 0. The van der Waals surface area contributed by atoms with E-state index in [9.17, 15) is 24.0 Å². The Kier molecular flexibility index (Phi) is 13.9. The van der Waals surface area contributed by atoms with E-state index < -0.39 is 0 Å². The van der Waals surface area contributed by atoms with Gasteiger partial charge in [0.1, 0.15) is 6.29 Å². The van der Waals surface area contributed by atoms with Crippen LogP contribution in [0.15, 0.2) is 152 Å². The molecule has 0 aliphatic heterocycles. The molecular formula is C41H34O5. The summed E-state index contributed by atoms with van der Waals surface area (Å²) in [5.74, 6) is -0.290. The van der Waals surface area contributed by atoms with Gasteiger partial charge in [-0.3, -0.25) is 24.0 Å². The van der Waals surface area contributed by atoms with Crippen LogP contribution in [0.2, 0.25) is 0 Å². The molecule has 5 aromatic rings. The quantitative estimate of drug-likeness (QED) is 0.0949. The van der Waals surface area contributed by atoms with Gasteiger partial charge in [-0.2, -0.15) is 0 Å². The van der Waals surface area contributed by atoms with Gasteiger partial charge in [-0.05, 0) is 49.3 Å². The Bertz CT molecular complexity index is 1710. The lowest BCUT2D eigenvalue weighted by Gasteiger charge is -2.00. The molecular weight excluding hydrogens is 572 g/mol. The third-order valence-electron chi connectivity index (χ3n) is 6.50. The highest BCUT2D eigenvalue weighted by atomic mass is 16.1. The molecule has 0 atom stereocenters. The van der Waals surface area contributed by atoms with Crippen LogP contribution in [0.3, 0.4) is 0 Å². The fourth-order valence-electron chi connectivity index (χ4n) is 3.98. The predicted octanol–water partition coefficient (Wildman–Crippen LogP) is 9.07. The number of carbonyl (C=O) groups is 5. The fourth-order valence-corrected chi connectivity index (χ4v) is 3.98. The monoisotopic (exact) mass is 606 g/mol. The van der Waals surface area contributed by atoms with E-state index in [1.54, 1.807) is 72.8 Å². The summed E-state index contributed by atoms with van der Waals surface area (Å²) in [5, 5.41) is 0. The Balaban J connectivity index is 0.000000236. The lowest BCUT2D eigenvalue weighted by atomic mass is 10.0. The van der Waals surface area contributed by atoms with Crippen LogP contribution in [-0.2, 0) is 0 Å². The average molecular weight is 607 g/mol. The molecule has 5 heteroatoms. The number of carbonyl (C=O) groups excluding carboxylic acids is 5. The van der Waals surface area contributed by atoms with Gasteiger partial charge in [0.05, 0.1) is 0 Å². The maximum absolute atomic E-state index is 12.4. The molecule has 0 unspecified atom stereocenters. The molecule has 0 saturated heterocycles. The average Bonchev–Trinajstić information content (AvgIpc) is 3.11. The Hall–Kier alpha value is -6.07. The van der Waals surface area contributed by atoms with Gasteiger partial charge in [0, 0.05) is 27.8 Å². The molecule has 0 radical (unpaired) electrons. The van der Waals surface area contributed by atoms with Crippen molar-refractivity contribution in [3.05, 3.63) is 191 Å². The third kappa shape index (κ3) is 11.9. The van der Waals surface area contributed by atoms with Crippen LogP contribution >= 0.6 is 0 Å². The topological polar surface area (TPSA) is 85.3 Å². The van der Waals surface area contributed by atoms with Crippen molar-refractivity contribution in [2.75, 3.05) is 0 Å². The van der Waals surface area contributed by atoms with Gasteiger partial charge in [0.2, 0.25) is 0 Å². The number of aldehydes is 1. The summed E-state index contributed by atoms with van der Waals surface area (Å²) in [6, 6.07) is 41.9. The van der Waals surface area contributed by atoms with Gasteiger partial charge in [-0.1, -0.05) is 140 Å².